The lowest BCUT2D eigenvalue weighted by molar-refractivity contribution is -0.131. The van der Waals surface area contributed by atoms with Crippen molar-refractivity contribution in [2.75, 3.05) is 25.1 Å². The number of sulfone groups is 1. The number of hydrogen-bond acceptors (Lipinski definition) is 4. The maximum atomic E-state index is 13.4. The first-order valence-corrected chi connectivity index (χ1v) is 9.11. The molecule has 22 heavy (non-hydrogen) atoms. The van der Waals surface area contributed by atoms with Crippen LogP contribution < -0.4 is 5.32 Å². The van der Waals surface area contributed by atoms with E-state index in [0.29, 0.717) is 25.1 Å². The Balaban J connectivity index is 1.73. The minimum Gasteiger partial charge on any atom is -0.342 e. The van der Waals surface area contributed by atoms with E-state index in [0.717, 1.165) is 0 Å². The monoisotopic (exact) mass is 328 g/mol. The van der Waals surface area contributed by atoms with E-state index in [1.807, 2.05) is 0 Å². The van der Waals surface area contributed by atoms with E-state index < -0.39 is 9.84 Å². The predicted molar refractivity (Wildman–Crippen MR) is 82.6 cm³/mol. The zero-order chi connectivity index (χ0) is 16.2. The maximum absolute atomic E-state index is 13.4. The van der Waals surface area contributed by atoms with Gasteiger partial charge in [-0.1, -0.05) is 18.2 Å². The van der Waals surface area contributed by atoms with Gasteiger partial charge in [0, 0.05) is 38.2 Å². The van der Waals surface area contributed by atoms with Crippen LogP contribution in [0.2, 0.25) is 0 Å². The molecule has 0 saturated carbocycles. The first-order valence-electron chi connectivity index (χ1n) is 7.29. The summed E-state index contributed by atoms with van der Waals surface area (Å²) < 4.78 is 36.3. The second kappa shape index (κ2) is 7.19. The molecule has 122 valence electrons. The van der Waals surface area contributed by atoms with E-state index in [1.54, 1.807) is 25.2 Å². The Kier molecular flexibility index (Phi) is 5.52. The van der Waals surface area contributed by atoms with Gasteiger partial charge in [0.05, 0.1) is 11.5 Å². The molecule has 1 atom stereocenters. The van der Waals surface area contributed by atoms with Crippen molar-refractivity contribution in [3.8, 4) is 0 Å². The molecule has 1 aromatic rings. The van der Waals surface area contributed by atoms with Crippen LogP contribution in [0.5, 0.6) is 0 Å². The predicted octanol–water partition coefficient (Wildman–Crippen LogP) is 0.951. The summed E-state index contributed by atoms with van der Waals surface area (Å²) in [7, 11) is -1.35. The molecule has 1 heterocycles. The maximum Gasteiger partial charge on any atom is 0.223 e. The van der Waals surface area contributed by atoms with Gasteiger partial charge in [0.2, 0.25) is 5.91 Å². The largest absolute Gasteiger partial charge is 0.342 e. The average molecular weight is 328 g/mol. The highest BCUT2D eigenvalue weighted by atomic mass is 32.2. The van der Waals surface area contributed by atoms with Crippen LogP contribution in [0.15, 0.2) is 24.3 Å². The van der Waals surface area contributed by atoms with Crippen LogP contribution in [-0.2, 0) is 21.2 Å². The molecule has 7 heteroatoms. The third-order valence-electron chi connectivity index (χ3n) is 3.94. The lowest BCUT2D eigenvalue weighted by Crippen LogP contribution is -2.39. The molecule has 2 rings (SSSR count). The van der Waals surface area contributed by atoms with E-state index in [-0.39, 0.29) is 35.7 Å². The quantitative estimate of drug-likeness (QED) is 0.790. The molecule has 0 aromatic heterocycles. The third kappa shape index (κ3) is 4.51. The molecule has 1 fully saturated rings. The van der Waals surface area contributed by atoms with Gasteiger partial charge in [0.25, 0.3) is 0 Å². The Bertz CT molecular complexity index is 633. The zero-order valence-electron chi connectivity index (χ0n) is 12.6. The van der Waals surface area contributed by atoms with Gasteiger partial charge in [-0.15, -0.1) is 0 Å². The number of halogens is 1. The Labute approximate surface area is 130 Å². The molecular formula is C15H21FN2O3S. The minimum atomic E-state index is -2.99. The third-order valence-corrected chi connectivity index (χ3v) is 5.69. The van der Waals surface area contributed by atoms with E-state index in [1.165, 1.54) is 11.0 Å². The number of amides is 1. The van der Waals surface area contributed by atoms with E-state index in [2.05, 4.69) is 5.32 Å². The van der Waals surface area contributed by atoms with Gasteiger partial charge in [0.1, 0.15) is 5.82 Å². The average Bonchev–Trinajstić information content (AvgIpc) is 2.84. The molecule has 0 spiro atoms. The van der Waals surface area contributed by atoms with Gasteiger partial charge < -0.3 is 10.2 Å². The molecule has 1 amide bonds. The molecule has 0 radical (unpaired) electrons. The number of rotatable bonds is 6. The van der Waals surface area contributed by atoms with Gasteiger partial charge >= 0.3 is 0 Å². The van der Waals surface area contributed by atoms with Crippen molar-refractivity contribution < 1.29 is 17.6 Å². The number of benzene rings is 1. The minimum absolute atomic E-state index is 0.0535. The van der Waals surface area contributed by atoms with Gasteiger partial charge in [-0.25, -0.2) is 12.8 Å². The Morgan fingerprint density at radius 2 is 2.14 bits per heavy atom. The molecule has 1 aromatic carbocycles. The topological polar surface area (TPSA) is 66.5 Å². The molecule has 1 aliphatic rings. The summed E-state index contributed by atoms with van der Waals surface area (Å²) in [5.41, 5.74) is 0.560. The Morgan fingerprint density at radius 1 is 1.41 bits per heavy atom. The van der Waals surface area contributed by atoms with Crippen LogP contribution in [0.4, 0.5) is 4.39 Å². The fourth-order valence-electron chi connectivity index (χ4n) is 2.52. The molecule has 1 saturated heterocycles. The Hall–Kier alpha value is -1.47. The smallest absolute Gasteiger partial charge is 0.223 e. The number of nitrogens with one attached hydrogen (secondary N) is 1. The van der Waals surface area contributed by atoms with E-state index >= 15 is 0 Å². The van der Waals surface area contributed by atoms with Crippen molar-refractivity contribution in [1.82, 2.24) is 10.2 Å². The molecule has 5 nitrogen and oxygen atoms in total. The molecule has 1 aliphatic heterocycles. The highest BCUT2D eigenvalue weighted by molar-refractivity contribution is 7.91. The summed E-state index contributed by atoms with van der Waals surface area (Å²) in [5, 5.41) is 3.03. The van der Waals surface area contributed by atoms with Crippen molar-refractivity contribution in [2.24, 2.45) is 0 Å². The van der Waals surface area contributed by atoms with Gasteiger partial charge in [-0.2, -0.15) is 0 Å². The second-order valence-electron chi connectivity index (χ2n) is 5.58. The summed E-state index contributed by atoms with van der Waals surface area (Å²) in [6, 6.07) is 6.27. The summed E-state index contributed by atoms with van der Waals surface area (Å²) in [5.74, 6) is -0.156. The van der Waals surface area contributed by atoms with Crippen LogP contribution in [0, 0.1) is 5.82 Å². The SMILES string of the molecule is CN(C(=O)CCNCc1ccccc1F)C1CCS(=O)(=O)C1. The number of hydrogen-bond donors (Lipinski definition) is 1. The summed E-state index contributed by atoms with van der Waals surface area (Å²) in [4.78, 5) is 13.6. The van der Waals surface area contributed by atoms with E-state index in [9.17, 15) is 17.6 Å². The fourth-order valence-corrected chi connectivity index (χ4v) is 4.30. The second-order valence-corrected chi connectivity index (χ2v) is 7.81. The van der Waals surface area contributed by atoms with Crippen molar-refractivity contribution in [2.45, 2.75) is 25.4 Å². The summed E-state index contributed by atoms with van der Waals surface area (Å²) >= 11 is 0. The van der Waals surface area contributed by atoms with E-state index in [4.69, 9.17) is 0 Å². The highest BCUT2D eigenvalue weighted by Gasteiger charge is 2.32. The number of carbonyl (C=O) groups is 1. The first-order chi connectivity index (χ1) is 10.4. The standard InChI is InChI=1S/C15H21FN2O3S/c1-18(13-7-9-22(20,21)11-13)15(19)6-8-17-10-12-4-2-3-5-14(12)16/h2-5,13,17H,6-11H2,1H3. The normalized spacial score (nSPS) is 20.0. The number of carbonyl (C=O) groups excluding carboxylic acids is 1. The lowest BCUT2D eigenvalue weighted by Gasteiger charge is -2.23. The van der Waals surface area contributed by atoms with Crippen molar-refractivity contribution in [3.63, 3.8) is 0 Å². The van der Waals surface area contributed by atoms with Gasteiger partial charge in [-0.05, 0) is 12.5 Å². The van der Waals surface area contributed by atoms with Crippen molar-refractivity contribution in [1.29, 1.82) is 0 Å². The molecule has 0 bridgehead atoms. The van der Waals surface area contributed by atoms with Crippen molar-refractivity contribution >= 4 is 15.7 Å². The Morgan fingerprint density at radius 3 is 2.77 bits per heavy atom. The van der Waals surface area contributed by atoms with Crippen LogP contribution >= 0.6 is 0 Å². The van der Waals surface area contributed by atoms with Crippen LogP contribution in [0.1, 0.15) is 18.4 Å². The summed E-state index contributed by atoms with van der Waals surface area (Å²) in [6.07, 6.45) is 0.773. The fraction of sp³-hybridized carbons (Fsp3) is 0.533. The van der Waals surface area contributed by atoms with Crippen molar-refractivity contribution in [3.05, 3.63) is 35.6 Å². The highest BCUT2D eigenvalue weighted by Crippen LogP contribution is 2.17. The van der Waals surface area contributed by atoms with Crippen LogP contribution in [-0.4, -0.2) is 50.4 Å². The first kappa shape index (κ1) is 16.9. The molecule has 0 aliphatic carbocycles. The molecule has 1 N–H and O–H groups in total. The van der Waals surface area contributed by atoms with Gasteiger partial charge in [-0.3, -0.25) is 4.79 Å². The molecule has 1 unspecified atom stereocenters. The summed E-state index contributed by atoms with van der Waals surface area (Å²) in [6.45, 7) is 0.790. The number of nitrogens with zero attached hydrogens (tertiary/aromatic N) is 1. The van der Waals surface area contributed by atoms with Gasteiger partial charge in [0.15, 0.2) is 9.84 Å². The van der Waals surface area contributed by atoms with Crippen LogP contribution in [0.25, 0.3) is 0 Å². The lowest BCUT2D eigenvalue weighted by atomic mass is 10.2. The zero-order valence-corrected chi connectivity index (χ0v) is 13.4. The van der Waals surface area contributed by atoms with Crippen LogP contribution in [0.3, 0.4) is 0 Å². The molecular weight excluding hydrogens is 307 g/mol.